The van der Waals surface area contributed by atoms with Gasteiger partial charge in [-0.1, -0.05) is 0 Å². The summed E-state index contributed by atoms with van der Waals surface area (Å²) >= 11 is 0. The van der Waals surface area contributed by atoms with Gasteiger partial charge in [-0.05, 0) is 44.2 Å². The van der Waals surface area contributed by atoms with Gasteiger partial charge in [0.15, 0.2) is 0 Å². The van der Waals surface area contributed by atoms with Gasteiger partial charge in [-0.15, -0.1) is 0 Å². The van der Waals surface area contributed by atoms with Crippen molar-refractivity contribution >= 4 is 17.5 Å². The first-order valence-corrected chi connectivity index (χ1v) is 8.57. The van der Waals surface area contributed by atoms with Gasteiger partial charge in [0.2, 0.25) is 0 Å². The Balaban J connectivity index is 2.31. The molecule has 2 rings (SSSR count). The Morgan fingerprint density at radius 1 is 1.07 bits per heavy atom. The minimum atomic E-state index is -4.51. The molecule has 6 nitrogen and oxygen atoms in total. The van der Waals surface area contributed by atoms with E-state index >= 15 is 0 Å². The molecule has 0 atom stereocenters. The van der Waals surface area contributed by atoms with E-state index in [4.69, 9.17) is 0 Å². The van der Waals surface area contributed by atoms with Crippen molar-refractivity contribution < 1.29 is 22.8 Å². The number of alkyl halides is 3. The number of rotatable bonds is 5. The van der Waals surface area contributed by atoms with Gasteiger partial charge in [0.05, 0.1) is 11.1 Å². The van der Waals surface area contributed by atoms with Crippen molar-refractivity contribution in [3.8, 4) is 0 Å². The number of anilines is 1. The van der Waals surface area contributed by atoms with Crippen LogP contribution in [0, 0.1) is 0 Å². The number of pyridine rings is 1. The molecule has 0 bridgehead atoms. The van der Waals surface area contributed by atoms with Gasteiger partial charge in [-0.3, -0.25) is 14.4 Å². The number of hydrogen-bond acceptors (Lipinski definition) is 3. The van der Waals surface area contributed by atoms with Crippen LogP contribution in [-0.2, 0) is 13.2 Å². The topological polar surface area (TPSA) is 71.4 Å². The minimum Gasteiger partial charge on any atom is -0.339 e. The summed E-state index contributed by atoms with van der Waals surface area (Å²) in [7, 11) is 1.44. The van der Waals surface area contributed by atoms with Gasteiger partial charge in [-0.2, -0.15) is 13.2 Å². The molecular formula is C19H20F3N3O3. The quantitative estimate of drug-likeness (QED) is 0.846. The summed E-state index contributed by atoms with van der Waals surface area (Å²) in [6, 6.07) is 4.88. The molecule has 0 unspecified atom stereocenters. The maximum atomic E-state index is 12.6. The summed E-state index contributed by atoms with van der Waals surface area (Å²) in [4.78, 5) is 38.7. The molecule has 0 spiro atoms. The normalized spacial score (nSPS) is 11.2. The summed E-state index contributed by atoms with van der Waals surface area (Å²) in [6.07, 6.45) is -3.14. The molecule has 0 fully saturated rings. The van der Waals surface area contributed by atoms with Crippen molar-refractivity contribution in [3.05, 3.63) is 63.6 Å². The van der Waals surface area contributed by atoms with Gasteiger partial charge < -0.3 is 14.8 Å². The zero-order chi connectivity index (χ0) is 21.1. The molecule has 150 valence electrons. The number of aryl methyl sites for hydroxylation is 1. The second kappa shape index (κ2) is 8.28. The van der Waals surface area contributed by atoms with Crippen LogP contribution in [0.2, 0.25) is 0 Å². The van der Waals surface area contributed by atoms with Crippen molar-refractivity contribution in [2.45, 2.75) is 20.0 Å². The Kier molecular flexibility index (Phi) is 6.27. The lowest BCUT2D eigenvalue weighted by atomic mass is 10.1. The highest BCUT2D eigenvalue weighted by molar-refractivity contribution is 6.05. The number of halogens is 3. The van der Waals surface area contributed by atoms with Crippen LogP contribution in [-0.4, -0.2) is 34.4 Å². The maximum Gasteiger partial charge on any atom is 0.416 e. The standard InChI is InChI=1S/C19H20F3N3O3/c1-4-25(5-2)17(27)13-10-15(18(28)24(3)11-13)23-16(26)12-6-8-14(9-7-12)19(20,21)22/h6-11H,4-5H2,1-3H3,(H,23,26). The van der Waals surface area contributed by atoms with Crippen LogP contribution in [0.1, 0.15) is 40.1 Å². The first-order chi connectivity index (χ1) is 13.1. The third-order valence-corrected chi connectivity index (χ3v) is 4.20. The molecule has 0 aliphatic rings. The number of nitrogens with one attached hydrogen (secondary N) is 1. The van der Waals surface area contributed by atoms with Gasteiger partial charge in [0.1, 0.15) is 5.69 Å². The lowest BCUT2D eigenvalue weighted by Crippen LogP contribution is -2.32. The molecule has 9 heteroatoms. The van der Waals surface area contributed by atoms with Crippen molar-refractivity contribution in [2.24, 2.45) is 7.05 Å². The Labute approximate surface area is 159 Å². The molecule has 0 saturated carbocycles. The van der Waals surface area contributed by atoms with Crippen LogP contribution in [0.5, 0.6) is 0 Å². The molecular weight excluding hydrogens is 375 g/mol. The van der Waals surface area contributed by atoms with Gasteiger partial charge in [0, 0.05) is 31.9 Å². The summed E-state index contributed by atoms with van der Waals surface area (Å²) in [5.41, 5.74) is -1.39. The monoisotopic (exact) mass is 395 g/mol. The molecule has 1 N–H and O–H groups in total. The van der Waals surface area contributed by atoms with E-state index in [-0.39, 0.29) is 22.7 Å². The molecule has 1 aromatic carbocycles. The predicted octanol–water partition coefficient (Wildman–Crippen LogP) is 3.14. The predicted molar refractivity (Wildman–Crippen MR) is 98.3 cm³/mol. The van der Waals surface area contributed by atoms with E-state index in [1.807, 2.05) is 13.8 Å². The van der Waals surface area contributed by atoms with Crippen LogP contribution in [0.3, 0.4) is 0 Å². The Hall–Kier alpha value is -3.10. The van der Waals surface area contributed by atoms with Crippen LogP contribution in [0.15, 0.2) is 41.3 Å². The number of aromatic nitrogens is 1. The molecule has 0 aliphatic carbocycles. The number of benzene rings is 1. The number of carbonyl (C=O) groups is 2. The van der Waals surface area contributed by atoms with E-state index < -0.39 is 23.2 Å². The molecule has 0 radical (unpaired) electrons. The van der Waals surface area contributed by atoms with E-state index in [1.165, 1.54) is 23.9 Å². The largest absolute Gasteiger partial charge is 0.416 e. The maximum absolute atomic E-state index is 12.6. The highest BCUT2D eigenvalue weighted by Gasteiger charge is 2.30. The van der Waals surface area contributed by atoms with Gasteiger partial charge in [-0.25, -0.2) is 0 Å². The van der Waals surface area contributed by atoms with Crippen LogP contribution < -0.4 is 10.9 Å². The average Bonchev–Trinajstić information content (AvgIpc) is 2.65. The number of amides is 2. The van der Waals surface area contributed by atoms with Crippen LogP contribution in [0.25, 0.3) is 0 Å². The van der Waals surface area contributed by atoms with Crippen LogP contribution in [0.4, 0.5) is 18.9 Å². The SMILES string of the molecule is CCN(CC)C(=O)c1cc(NC(=O)c2ccc(C(F)(F)F)cc2)c(=O)n(C)c1. The van der Waals surface area contributed by atoms with E-state index in [0.29, 0.717) is 13.1 Å². The third-order valence-electron chi connectivity index (χ3n) is 4.20. The van der Waals surface area contributed by atoms with Crippen molar-refractivity contribution in [3.63, 3.8) is 0 Å². The molecule has 1 aromatic heterocycles. The van der Waals surface area contributed by atoms with E-state index in [2.05, 4.69) is 5.32 Å². The van der Waals surface area contributed by atoms with E-state index in [0.717, 1.165) is 24.3 Å². The number of nitrogens with zero attached hydrogens (tertiary/aromatic N) is 2. The number of hydrogen-bond donors (Lipinski definition) is 1. The lowest BCUT2D eigenvalue weighted by Gasteiger charge is -2.19. The van der Waals surface area contributed by atoms with Gasteiger partial charge in [0.25, 0.3) is 17.4 Å². The molecule has 0 aliphatic heterocycles. The Morgan fingerprint density at radius 2 is 1.64 bits per heavy atom. The summed E-state index contributed by atoms with van der Waals surface area (Å²) in [6.45, 7) is 4.59. The zero-order valence-electron chi connectivity index (χ0n) is 15.6. The fourth-order valence-corrected chi connectivity index (χ4v) is 2.62. The Bertz CT molecular complexity index is 930. The van der Waals surface area contributed by atoms with E-state index in [9.17, 15) is 27.6 Å². The first kappa shape index (κ1) is 21.2. The van der Waals surface area contributed by atoms with Crippen molar-refractivity contribution in [2.75, 3.05) is 18.4 Å². The fraction of sp³-hybridized carbons (Fsp3) is 0.316. The smallest absolute Gasteiger partial charge is 0.339 e. The lowest BCUT2D eigenvalue weighted by molar-refractivity contribution is -0.137. The highest BCUT2D eigenvalue weighted by Crippen LogP contribution is 2.29. The highest BCUT2D eigenvalue weighted by atomic mass is 19.4. The molecule has 2 amide bonds. The summed E-state index contributed by atoms with van der Waals surface area (Å²) in [5.74, 6) is -1.05. The fourth-order valence-electron chi connectivity index (χ4n) is 2.62. The summed E-state index contributed by atoms with van der Waals surface area (Å²) in [5, 5.41) is 2.37. The second-order valence-corrected chi connectivity index (χ2v) is 6.07. The molecule has 2 aromatic rings. The van der Waals surface area contributed by atoms with E-state index in [1.54, 1.807) is 4.90 Å². The van der Waals surface area contributed by atoms with Crippen molar-refractivity contribution in [1.82, 2.24) is 9.47 Å². The van der Waals surface area contributed by atoms with Gasteiger partial charge >= 0.3 is 6.18 Å². The average molecular weight is 395 g/mol. The Morgan fingerprint density at radius 3 is 2.14 bits per heavy atom. The molecule has 1 heterocycles. The minimum absolute atomic E-state index is 0.0458. The molecule has 28 heavy (non-hydrogen) atoms. The second-order valence-electron chi connectivity index (χ2n) is 6.07. The third kappa shape index (κ3) is 4.59. The zero-order valence-corrected chi connectivity index (χ0v) is 15.6. The number of carbonyl (C=O) groups excluding carboxylic acids is 2. The molecule has 0 saturated heterocycles. The van der Waals surface area contributed by atoms with Crippen LogP contribution >= 0.6 is 0 Å². The first-order valence-electron chi connectivity index (χ1n) is 8.57. The summed E-state index contributed by atoms with van der Waals surface area (Å²) < 4.78 is 39.0. The van der Waals surface area contributed by atoms with Crippen molar-refractivity contribution in [1.29, 1.82) is 0 Å².